The van der Waals surface area contributed by atoms with Crippen LogP contribution in [-0.2, 0) is 4.74 Å². The van der Waals surface area contributed by atoms with Gasteiger partial charge in [0.1, 0.15) is 5.75 Å². The van der Waals surface area contributed by atoms with Crippen molar-refractivity contribution < 1.29 is 14.3 Å². The van der Waals surface area contributed by atoms with Crippen molar-refractivity contribution in [3.8, 4) is 5.75 Å². The molecule has 1 saturated heterocycles. The number of para-hydroxylation sites is 2. The Morgan fingerprint density at radius 1 is 1.38 bits per heavy atom. The Kier molecular flexibility index (Phi) is 4.47. The van der Waals surface area contributed by atoms with Crippen molar-refractivity contribution in [1.29, 1.82) is 0 Å². The van der Waals surface area contributed by atoms with Gasteiger partial charge in [-0.05, 0) is 32.4 Å². The Bertz CT molecular complexity index is 614. The second-order valence-corrected chi connectivity index (χ2v) is 7.71. The molecule has 1 heterocycles. The fourth-order valence-electron chi connectivity index (χ4n) is 4.34. The first kappa shape index (κ1) is 17.1. The first-order chi connectivity index (χ1) is 11.3. The van der Waals surface area contributed by atoms with E-state index in [1.54, 1.807) is 0 Å². The van der Waals surface area contributed by atoms with Gasteiger partial charge in [-0.15, -0.1) is 0 Å². The molecule has 0 bridgehead atoms. The molecule has 2 aliphatic rings. The van der Waals surface area contributed by atoms with Crippen LogP contribution in [0, 0.1) is 11.3 Å². The summed E-state index contributed by atoms with van der Waals surface area (Å²) in [5, 5.41) is 3.00. The summed E-state index contributed by atoms with van der Waals surface area (Å²) in [5.74, 6) is 1.14. The van der Waals surface area contributed by atoms with Crippen molar-refractivity contribution in [2.45, 2.75) is 52.4 Å². The zero-order chi connectivity index (χ0) is 17.5. The maximum atomic E-state index is 12.8. The summed E-state index contributed by atoms with van der Waals surface area (Å²) >= 11 is 0. The van der Waals surface area contributed by atoms with Crippen LogP contribution < -0.4 is 10.1 Å². The molecule has 132 valence electrons. The molecular formula is C19H28N2O3. The number of ether oxygens (including phenoxy) is 2. The van der Waals surface area contributed by atoms with Gasteiger partial charge < -0.3 is 19.7 Å². The van der Waals surface area contributed by atoms with Crippen molar-refractivity contribution in [3.05, 3.63) is 24.3 Å². The molecule has 1 saturated carbocycles. The Labute approximate surface area is 144 Å². The summed E-state index contributed by atoms with van der Waals surface area (Å²) < 4.78 is 11.6. The van der Waals surface area contributed by atoms with E-state index in [9.17, 15) is 4.79 Å². The highest BCUT2D eigenvalue weighted by Crippen LogP contribution is 2.54. The van der Waals surface area contributed by atoms with Gasteiger partial charge in [0.2, 0.25) is 0 Å². The van der Waals surface area contributed by atoms with E-state index in [0.29, 0.717) is 17.4 Å². The monoisotopic (exact) mass is 332 g/mol. The van der Waals surface area contributed by atoms with Crippen molar-refractivity contribution in [1.82, 2.24) is 4.90 Å². The number of anilines is 1. The number of fused-ring (bicyclic) bond motifs is 1. The summed E-state index contributed by atoms with van der Waals surface area (Å²) in [6, 6.07) is 7.66. The summed E-state index contributed by atoms with van der Waals surface area (Å²) in [5.41, 5.74) is 0.695. The Morgan fingerprint density at radius 2 is 2.08 bits per heavy atom. The lowest BCUT2D eigenvalue weighted by Crippen LogP contribution is -2.67. The fraction of sp³-hybridized carbons (Fsp3) is 0.632. The topological polar surface area (TPSA) is 50.8 Å². The lowest BCUT2D eigenvalue weighted by atomic mass is 9.57. The number of carbonyl (C=O) groups excluding carboxylic acids is 1. The molecule has 2 fully saturated rings. The summed E-state index contributed by atoms with van der Waals surface area (Å²) in [6.45, 7) is 9.12. The number of nitrogens with zero attached hydrogens (tertiary/aromatic N) is 1. The molecule has 1 aliphatic carbocycles. The van der Waals surface area contributed by atoms with Crippen LogP contribution in [0.25, 0.3) is 0 Å². The number of nitrogens with one attached hydrogen (secondary N) is 1. The number of benzene rings is 1. The van der Waals surface area contributed by atoms with Crippen LogP contribution in [-0.4, -0.2) is 42.8 Å². The second kappa shape index (κ2) is 6.28. The van der Waals surface area contributed by atoms with Crippen molar-refractivity contribution in [3.63, 3.8) is 0 Å². The van der Waals surface area contributed by atoms with E-state index in [0.717, 1.165) is 13.0 Å². The minimum atomic E-state index is -0.0989. The molecule has 0 spiro atoms. The van der Waals surface area contributed by atoms with Gasteiger partial charge in [0.15, 0.2) is 0 Å². The van der Waals surface area contributed by atoms with Crippen LogP contribution in [0.5, 0.6) is 5.75 Å². The number of amides is 2. The minimum Gasteiger partial charge on any atom is -0.489 e. The van der Waals surface area contributed by atoms with Crippen molar-refractivity contribution in [2.75, 3.05) is 19.0 Å². The molecule has 1 aromatic carbocycles. The quantitative estimate of drug-likeness (QED) is 0.913. The third-order valence-corrected chi connectivity index (χ3v) is 5.27. The molecule has 0 radical (unpaired) electrons. The molecule has 5 nitrogen and oxygen atoms in total. The van der Waals surface area contributed by atoms with Crippen LogP contribution >= 0.6 is 0 Å². The summed E-state index contributed by atoms with van der Waals surface area (Å²) in [4.78, 5) is 14.6. The van der Waals surface area contributed by atoms with E-state index >= 15 is 0 Å². The molecule has 5 heteroatoms. The van der Waals surface area contributed by atoms with Gasteiger partial charge >= 0.3 is 6.03 Å². The van der Waals surface area contributed by atoms with E-state index < -0.39 is 0 Å². The van der Waals surface area contributed by atoms with E-state index in [-0.39, 0.29) is 29.7 Å². The zero-order valence-corrected chi connectivity index (χ0v) is 15.2. The van der Waals surface area contributed by atoms with Crippen LogP contribution in [0.3, 0.4) is 0 Å². The average molecular weight is 332 g/mol. The van der Waals surface area contributed by atoms with Crippen molar-refractivity contribution in [2.24, 2.45) is 11.3 Å². The standard InChI is InChI=1S/C19H28N2O3/c1-12(2)24-15-9-7-6-8-14(15)20-18(22)21(5)16-13-10-11-23-17(13)19(16,3)4/h6-9,12-13,16-17H,10-11H2,1-5H3,(H,20,22)/t13-,16+,17+/m0/s1. The maximum Gasteiger partial charge on any atom is 0.321 e. The highest BCUT2D eigenvalue weighted by molar-refractivity contribution is 5.91. The van der Waals surface area contributed by atoms with Gasteiger partial charge in [-0.3, -0.25) is 0 Å². The lowest BCUT2D eigenvalue weighted by molar-refractivity contribution is -0.137. The van der Waals surface area contributed by atoms with Crippen LogP contribution in [0.2, 0.25) is 0 Å². The molecule has 2 amide bonds. The summed E-state index contributed by atoms with van der Waals surface area (Å²) in [7, 11) is 1.88. The van der Waals surface area contributed by atoms with Gasteiger partial charge in [0.05, 0.1) is 17.9 Å². The molecule has 0 unspecified atom stereocenters. The molecule has 1 aromatic rings. The molecule has 3 atom stereocenters. The lowest BCUT2D eigenvalue weighted by Gasteiger charge is -2.57. The Morgan fingerprint density at radius 3 is 2.79 bits per heavy atom. The largest absolute Gasteiger partial charge is 0.489 e. The molecule has 1 aliphatic heterocycles. The maximum absolute atomic E-state index is 12.8. The van der Waals surface area contributed by atoms with Crippen LogP contribution in [0.4, 0.5) is 10.5 Å². The third-order valence-electron chi connectivity index (χ3n) is 5.27. The van der Waals surface area contributed by atoms with Crippen LogP contribution in [0.1, 0.15) is 34.1 Å². The zero-order valence-electron chi connectivity index (χ0n) is 15.2. The van der Waals surface area contributed by atoms with E-state index in [4.69, 9.17) is 9.47 Å². The van der Waals surface area contributed by atoms with Gasteiger partial charge in [-0.2, -0.15) is 0 Å². The molecular weight excluding hydrogens is 304 g/mol. The average Bonchev–Trinajstić information content (AvgIpc) is 2.94. The van der Waals surface area contributed by atoms with Gasteiger partial charge in [0, 0.05) is 31.0 Å². The van der Waals surface area contributed by atoms with E-state index in [1.165, 1.54) is 0 Å². The number of urea groups is 1. The number of hydrogen-bond acceptors (Lipinski definition) is 3. The van der Waals surface area contributed by atoms with Gasteiger partial charge in [0.25, 0.3) is 0 Å². The predicted octanol–water partition coefficient (Wildman–Crippen LogP) is 3.75. The minimum absolute atomic E-state index is 0.0127. The van der Waals surface area contributed by atoms with E-state index in [2.05, 4.69) is 19.2 Å². The number of rotatable bonds is 4. The SMILES string of the molecule is CC(C)Oc1ccccc1NC(=O)N(C)[C@@H]1[C@@H]2CCO[C@H]2C1(C)C. The third kappa shape index (κ3) is 2.86. The smallest absolute Gasteiger partial charge is 0.321 e. The van der Waals surface area contributed by atoms with Crippen molar-refractivity contribution >= 4 is 11.7 Å². The highest BCUT2D eigenvalue weighted by Gasteiger charge is 2.61. The van der Waals surface area contributed by atoms with Gasteiger partial charge in [-0.1, -0.05) is 26.0 Å². The Balaban J connectivity index is 1.71. The molecule has 1 N–H and O–H groups in total. The second-order valence-electron chi connectivity index (χ2n) is 7.71. The van der Waals surface area contributed by atoms with Crippen LogP contribution in [0.15, 0.2) is 24.3 Å². The van der Waals surface area contributed by atoms with Gasteiger partial charge in [-0.25, -0.2) is 4.79 Å². The fourth-order valence-corrected chi connectivity index (χ4v) is 4.34. The first-order valence-electron chi connectivity index (χ1n) is 8.73. The number of hydrogen-bond donors (Lipinski definition) is 1. The highest BCUT2D eigenvalue weighted by atomic mass is 16.5. The molecule has 0 aromatic heterocycles. The number of carbonyl (C=O) groups is 1. The van der Waals surface area contributed by atoms with E-state index in [1.807, 2.05) is 50.1 Å². The Hall–Kier alpha value is -1.75. The summed E-state index contributed by atoms with van der Waals surface area (Å²) in [6.07, 6.45) is 1.36. The molecule has 3 rings (SSSR count). The molecule has 24 heavy (non-hydrogen) atoms. The predicted molar refractivity (Wildman–Crippen MR) is 94.4 cm³/mol. The first-order valence-corrected chi connectivity index (χ1v) is 8.73. The normalized spacial score (nSPS) is 27.3.